The number of aryl methyl sites for hydroxylation is 1. The summed E-state index contributed by atoms with van der Waals surface area (Å²) in [5.41, 5.74) is 8.95. The average Bonchev–Trinajstić information content (AvgIpc) is 3.58. The van der Waals surface area contributed by atoms with Crippen molar-refractivity contribution in [2.45, 2.75) is 50.9 Å². The zero-order valence-electron chi connectivity index (χ0n) is 26.2. The number of nitrogens with two attached hydrogens (primary N) is 2. The van der Waals surface area contributed by atoms with Gasteiger partial charge in [-0.1, -0.05) is 5.16 Å². The van der Waals surface area contributed by atoms with Crippen molar-refractivity contribution in [2.24, 2.45) is 17.9 Å². The molecule has 48 heavy (non-hydrogen) atoms. The van der Waals surface area contributed by atoms with Gasteiger partial charge < -0.3 is 40.6 Å². The molecule has 1 aromatic carbocycles. The molecule has 2 amide bonds. The summed E-state index contributed by atoms with van der Waals surface area (Å²) in [6, 6.07) is 5.38. The van der Waals surface area contributed by atoms with Crippen molar-refractivity contribution in [2.75, 3.05) is 18.9 Å². The number of aliphatic carboxylic acids is 1. The highest BCUT2D eigenvalue weighted by Gasteiger charge is 2.58. The Morgan fingerprint density at radius 2 is 1.94 bits per heavy atom. The summed E-state index contributed by atoms with van der Waals surface area (Å²) < 4.78 is 44.7. The molecule has 1 aliphatic heterocycles. The molecule has 21 heteroatoms. The predicted molar refractivity (Wildman–Crippen MR) is 170 cm³/mol. The topological polar surface area (TPSA) is 280 Å². The molecule has 1 saturated heterocycles. The summed E-state index contributed by atoms with van der Waals surface area (Å²) in [5.74, 6) is -3.23. The van der Waals surface area contributed by atoms with E-state index in [1.807, 2.05) is 6.20 Å². The number of imidazole rings is 1. The number of nitrogen functional groups attached to an aromatic ring is 1. The number of oxime groups is 1. The first-order valence-corrected chi connectivity index (χ1v) is 16.4. The van der Waals surface area contributed by atoms with Gasteiger partial charge in [-0.15, -0.1) is 15.6 Å². The third-order valence-corrected chi connectivity index (χ3v) is 8.40. The molecule has 1 aliphatic rings. The third kappa shape index (κ3) is 7.65. The molecule has 3 aromatic rings. The van der Waals surface area contributed by atoms with Gasteiger partial charge in [-0.05, 0) is 63.6 Å². The summed E-state index contributed by atoms with van der Waals surface area (Å²) in [7, 11) is -3.26. The second-order valence-electron chi connectivity index (χ2n) is 11.4. The lowest BCUT2D eigenvalue weighted by Crippen LogP contribution is -2.76. The van der Waals surface area contributed by atoms with Crippen molar-refractivity contribution in [3.63, 3.8) is 0 Å². The minimum absolute atomic E-state index is 0.0470. The monoisotopic (exact) mass is 709 g/mol. The summed E-state index contributed by atoms with van der Waals surface area (Å²) in [6.45, 7) is 4.42. The van der Waals surface area contributed by atoms with E-state index in [2.05, 4.69) is 19.7 Å². The van der Waals surface area contributed by atoms with E-state index in [0.717, 1.165) is 29.0 Å². The largest absolute Gasteiger partial charge is 0.489 e. The molecule has 0 spiro atoms. The number of hydrogen-bond acceptors (Lipinski definition) is 14. The number of carbonyl (C=O) groups excluding carboxylic acids is 2. The Balaban J connectivity index is 1.50. The zero-order chi connectivity index (χ0) is 35.6. The van der Waals surface area contributed by atoms with Crippen LogP contribution in [0.2, 0.25) is 0 Å². The van der Waals surface area contributed by atoms with Crippen LogP contribution in [-0.4, -0.2) is 91.1 Å². The van der Waals surface area contributed by atoms with E-state index in [9.17, 15) is 27.9 Å². The third-order valence-electron chi connectivity index (χ3n) is 7.39. The molecule has 0 saturated carbocycles. The van der Waals surface area contributed by atoms with Crippen molar-refractivity contribution >= 4 is 50.4 Å². The van der Waals surface area contributed by atoms with Gasteiger partial charge in [0, 0.05) is 25.2 Å². The maximum atomic E-state index is 13.3. The van der Waals surface area contributed by atoms with Crippen LogP contribution in [0.4, 0.5) is 5.13 Å². The Hall–Kier alpha value is -4.83. The van der Waals surface area contributed by atoms with E-state index in [4.69, 9.17) is 31.0 Å². The minimum Gasteiger partial charge on any atom is -0.489 e. The van der Waals surface area contributed by atoms with Gasteiger partial charge in [0.2, 0.25) is 5.62 Å². The number of aromatic nitrogens is 3. The van der Waals surface area contributed by atoms with Crippen LogP contribution in [0, 0.1) is 5.41 Å². The standard InChI is InChI=1S/C27H35N9O10S2/c1-26(2)20(22(38)36(26)46-48(41,42)43)32-21(37)19(17-13-47-24(29)31-17)33-45-27(3,23(39)40)14-44-16-8-6-15(7-9-16)18-12-35(11-5-10-28)25(30)34(18)4/h6-9,12-13,20,30H,5,10-11,14,28H2,1-4H3,(H2,29,31)(H,32,37)(H,39,40)(H,41,42,43)/b30-25?,33-19-/t20-,27?/m1/s1. The number of carbonyl (C=O) groups is 3. The van der Waals surface area contributed by atoms with Crippen molar-refractivity contribution < 1.29 is 46.3 Å². The molecular weight excluding hydrogens is 674 g/mol. The Labute approximate surface area is 278 Å². The second kappa shape index (κ2) is 13.7. The lowest BCUT2D eigenvalue weighted by molar-refractivity contribution is -0.218. The normalized spacial score (nSPS) is 17.4. The van der Waals surface area contributed by atoms with E-state index in [-0.39, 0.29) is 10.8 Å². The lowest BCUT2D eigenvalue weighted by atomic mass is 9.84. The molecule has 1 fully saturated rings. The SMILES string of the molecule is Cn1c(-c2ccc(OCC(C)(O/N=C(\C(=O)N[C@@H]3C(=O)N(OS(=O)(=O)O)C3(C)C)c3csc(N)n3)C(=O)O)cc2)cn(CCCN)c1=N. The first-order chi connectivity index (χ1) is 22.4. The van der Waals surface area contributed by atoms with Crippen LogP contribution in [0.5, 0.6) is 5.75 Å². The van der Waals surface area contributed by atoms with E-state index < -0.39 is 57.7 Å². The van der Waals surface area contributed by atoms with Gasteiger partial charge in [0.15, 0.2) is 10.8 Å². The fourth-order valence-electron chi connectivity index (χ4n) is 4.54. The average molecular weight is 710 g/mol. The second-order valence-corrected chi connectivity index (χ2v) is 13.3. The van der Waals surface area contributed by atoms with Gasteiger partial charge in [-0.2, -0.15) is 13.5 Å². The molecule has 2 aromatic heterocycles. The van der Waals surface area contributed by atoms with Crippen LogP contribution < -0.4 is 27.1 Å². The molecule has 1 unspecified atom stereocenters. The Bertz CT molecular complexity index is 1900. The van der Waals surface area contributed by atoms with Gasteiger partial charge in [0.1, 0.15) is 24.1 Å². The maximum absolute atomic E-state index is 13.3. The number of carboxylic acids is 1. The van der Waals surface area contributed by atoms with Crippen molar-refractivity contribution in [3.8, 4) is 17.0 Å². The van der Waals surface area contributed by atoms with E-state index >= 15 is 0 Å². The number of thiazole rings is 1. The molecule has 8 N–H and O–H groups in total. The number of ether oxygens (including phenoxy) is 1. The molecule has 0 radical (unpaired) electrons. The molecule has 2 atom stereocenters. The summed E-state index contributed by atoms with van der Waals surface area (Å²) in [5, 5.41) is 26.2. The minimum atomic E-state index is -5.03. The molecule has 19 nitrogen and oxygen atoms in total. The first kappa shape index (κ1) is 36.0. The smallest absolute Gasteiger partial charge is 0.418 e. The molecular formula is C27H35N9O10S2. The first-order valence-electron chi connectivity index (χ1n) is 14.1. The van der Waals surface area contributed by atoms with Crippen LogP contribution in [0.25, 0.3) is 11.3 Å². The van der Waals surface area contributed by atoms with Crippen molar-refractivity contribution in [1.29, 1.82) is 5.41 Å². The fourth-order valence-corrected chi connectivity index (χ4v) is 5.54. The summed E-state index contributed by atoms with van der Waals surface area (Å²) in [6.07, 6.45) is 2.56. The summed E-state index contributed by atoms with van der Waals surface area (Å²) >= 11 is 0.950. The van der Waals surface area contributed by atoms with Crippen LogP contribution in [0.3, 0.4) is 0 Å². The Morgan fingerprint density at radius 1 is 1.27 bits per heavy atom. The van der Waals surface area contributed by atoms with Crippen LogP contribution in [0.15, 0.2) is 41.0 Å². The van der Waals surface area contributed by atoms with Gasteiger partial charge in [-0.3, -0.25) is 19.6 Å². The maximum Gasteiger partial charge on any atom is 0.418 e. The van der Waals surface area contributed by atoms with E-state index in [0.29, 0.717) is 29.5 Å². The number of anilines is 1. The van der Waals surface area contributed by atoms with Gasteiger partial charge in [0.25, 0.3) is 17.4 Å². The number of hydroxylamine groups is 2. The van der Waals surface area contributed by atoms with Crippen LogP contribution >= 0.6 is 11.3 Å². The number of benzene rings is 1. The predicted octanol–water partition coefficient (Wildman–Crippen LogP) is -0.156. The molecule has 0 aliphatic carbocycles. The Morgan fingerprint density at radius 3 is 2.48 bits per heavy atom. The Kier molecular flexibility index (Phi) is 10.3. The number of amides is 2. The van der Waals surface area contributed by atoms with Crippen LogP contribution in [0.1, 0.15) is 32.9 Å². The summed E-state index contributed by atoms with van der Waals surface area (Å²) in [4.78, 5) is 47.5. The highest BCUT2D eigenvalue weighted by Crippen LogP contribution is 2.33. The molecule has 260 valence electrons. The number of hydrogen-bond donors (Lipinski definition) is 6. The number of nitrogens with zero attached hydrogens (tertiary/aromatic N) is 5. The number of rotatable bonds is 15. The van der Waals surface area contributed by atoms with Gasteiger partial charge in [-0.25, -0.2) is 9.78 Å². The fraction of sp³-hybridized carbons (Fsp3) is 0.407. The lowest BCUT2D eigenvalue weighted by Gasteiger charge is -2.50. The molecule has 0 bridgehead atoms. The number of β-lactam (4-membered cyclic amide) rings is 1. The highest BCUT2D eigenvalue weighted by molar-refractivity contribution is 7.80. The van der Waals surface area contributed by atoms with E-state index in [1.165, 1.54) is 26.2 Å². The van der Waals surface area contributed by atoms with Gasteiger partial charge >= 0.3 is 16.4 Å². The highest BCUT2D eigenvalue weighted by atomic mass is 32.3. The quantitative estimate of drug-likeness (QED) is 0.0519. The van der Waals surface area contributed by atoms with Gasteiger partial charge in [0.05, 0.1) is 11.2 Å². The molecule has 4 rings (SSSR count). The zero-order valence-corrected chi connectivity index (χ0v) is 27.9. The van der Waals surface area contributed by atoms with E-state index in [1.54, 1.807) is 40.4 Å². The number of carboxylic acid groups (broad SMARTS) is 1. The van der Waals surface area contributed by atoms with Crippen LogP contribution in [-0.2, 0) is 47.5 Å². The van der Waals surface area contributed by atoms with Crippen molar-refractivity contribution in [3.05, 3.63) is 47.2 Å². The molecule has 3 heterocycles. The number of nitrogens with one attached hydrogen (secondary N) is 2. The van der Waals surface area contributed by atoms with Crippen molar-refractivity contribution in [1.82, 2.24) is 24.5 Å².